The summed E-state index contributed by atoms with van der Waals surface area (Å²) in [4.78, 5) is 13.9. The molecule has 1 atom stereocenters. The number of hydrogen-bond donors (Lipinski definition) is 3. The van der Waals surface area contributed by atoms with Crippen LogP contribution >= 0.6 is 0 Å². The van der Waals surface area contributed by atoms with E-state index < -0.39 is 6.10 Å². The summed E-state index contributed by atoms with van der Waals surface area (Å²) in [5, 5.41) is 18.2. The topological polar surface area (TPSA) is 82.6 Å². The smallest absolute Gasteiger partial charge is 0.254 e. The first-order chi connectivity index (χ1) is 7.22. The molecule has 0 saturated carbocycles. The molecule has 5 heteroatoms. The van der Waals surface area contributed by atoms with Crippen LogP contribution in [0.5, 0.6) is 0 Å². The van der Waals surface area contributed by atoms with Crippen molar-refractivity contribution >= 4 is 0 Å². The Kier molecular flexibility index (Phi) is 2.47. The van der Waals surface area contributed by atoms with Crippen molar-refractivity contribution in [2.45, 2.75) is 12.5 Å². The molecule has 0 aliphatic carbocycles. The molecule has 0 unspecified atom stereocenters. The highest BCUT2D eigenvalue weighted by Gasteiger charge is 2.27. The van der Waals surface area contributed by atoms with Gasteiger partial charge < -0.3 is 19.9 Å². The molecule has 0 fully saturated rings. The van der Waals surface area contributed by atoms with Crippen LogP contribution in [0.25, 0.3) is 0 Å². The number of aliphatic hydroxyl groups is 2. The molecule has 0 bridgehead atoms. The van der Waals surface area contributed by atoms with Crippen LogP contribution in [0, 0.1) is 0 Å². The van der Waals surface area contributed by atoms with Gasteiger partial charge in [-0.3, -0.25) is 4.79 Å². The average molecular weight is 209 g/mol. The fraction of sp³-hybridized carbons (Fsp3) is 0.300. The van der Waals surface area contributed by atoms with Gasteiger partial charge in [-0.05, 0) is 12.1 Å². The molecule has 2 heterocycles. The molecule has 2 rings (SSSR count). The highest BCUT2D eigenvalue weighted by atomic mass is 16.5. The summed E-state index contributed by atoms with van der Waals surface area (Å²) in [6.45, 7) is -0.354. The summed E-state index contributed by atoms with van der Waals surface area (Å²) in [6.07, 6.45) is 1.25. The molecule has 0 spiro atoms. The average Bonchev–Trinajstić information content (AvgIpc) is 2.60. The zero-order valence-electron chi connectivity index (χ0n) is 7.93. The first-order valence-corrected chi connectivity index (χ1v) is 4.58. The van der Waals surface area contributed by atoms with Gasteiger partial charge in [0, 0.05) is 12.6 Å². The minimum atomic E-state index is -0.503. The Balaban J connectivity index is 2.24. The van der Waals surface area contributed by atoms with Crippen molar-refractivity contribution in [1.29, 1.82) is 0 Å². The Morgan fingerprint density at radius 1 is 1.60 bits per heavy atom. The van der Waals surface area contributed by atoms with E-state index in [1.165, 1.54) is 6.20 Å². The highest BCUT2D eigenvalue weighted by Crippen LogP contribution is 2.32. The lowest BCUT2D eigenvalue weighted by atomic mass is 10.1. The van der Waals surface area contributed by atoms with Crippen LogP contribution in [-0.4, -0.2) is 21.8 Å². The Morgan fingerprint density at radius 2 is 2.40 bits per heavy atom. The lowest BCUT2D eigenvalue weighted by Crippen LogP contribution is -2.15. The molecule has 0 saturated heterocycles. The van der Waals surface area contributed by atoms with Gasteiger partial charge in [0.1, 0.15) is 18.5 Å². The molecular formula is C10H11NO4. The van der Waals surface area contributed by atoms with Gasteiger partial charge in [-0.1, -0.05) is 0 Å². The minimum absolute atomic E-state index is 0.00533. The SMILES string of the molecule is O=c1[nH]cccc1[C@H]1CC(O)=C(CO)O1. The number of hydrogen-bond acceptors (Lipinski definition) is 4. The third-order valence-electron chi connectivity index (χ3n) is 2.32. The van der Waals surface area contributed by atoms with Gasteiger partial charge in [-0.2, -0.15) is 0 Å². The van der Waals surface area contributed by atoms with Gasteiger partial charge in [0.15, 0.2) is 5.76 Å². The number of rotatable bonds is 2. The Morgan fingerprint density at radius 3 is 3.00 bits per heavy atom. The van der Waals surface area contributed by atoms with E-state index in [0.29, 0.717) is 5.56 Å². The van der Waals surface area contributed by atoms with Crippen molar-refractivity contribution in [1.82, 2.24) is 4.98 Å². The summed E-state index contributed by atoms with van der Waals surface area (Å²) in [7, 11) is 0. The summed E-state index contributed by atoms with van der Waals surface area (Å²) in [6, 6.07) is 3.32. The number of ether oxygens (including phenoxy) is 1. The maximum atomic E-state index is 11.4. The van der Waals surface area contributed by atoms with Crippen molar-refractivity contribution in [3.05, 3.63) is 45.8 Å². The number of aromatic amines is 1. The number of nitrogens with one attached hydrogen (secondary N) is 1. The third-order valence-corrected chi connectivity index (χ3v) is 2.32. The van der Waals surface area contributed by atoms with E-state index in [1.807, 2.05) is 0 Å². The van der Waals surface area contributed by atoms with Crippen molar-refractivity contribution < 1.29 is 14.9 Å². The molecule has 5 nitrogen and oxygen atoms in total. The molecule has 0 aromatic carbocycles. The van der Waals surface area contributed by atoms with E-state index in [2.05, 4.69) is 4.98 Å². The van der Waals surface area contributed by atoms with Crippen LogP contribution in [0.1, 0.15) is 18.1 Å². The molecule has 1 aliphatic rings. The number of H-pyrrole nitrogens is 1. The standard InChI is InChI=1S/C10H11NO4/c12-5-9-7(13)4-8(15-9)6-2-1-3-11-10(6)14/h1-3,8,12-13H,4-5H2,(H,11,14)/t8-/m1/s1. The van der Waals surface area contributed by atoms with E-state index in [0.717, 1.165) is 0 Å². The van der Waals surface area contributed by atoms with Crippen LogP contribution < -0.4 is 5.56 Å². The fourth-order valence-corrected chi connectivity index (χ4v) is 1.56. The van der Waals surface area contributed by atoms with Crippen molar-refractivity contribution in [2.24, 2.45) is 0 Å². The largest absolute Gasteiger partial charge is 0.509 e. The molecule has 1 aromatic rings. The van der Waals surface area contributed by atoms with Gasteiger partial charge in [0.2, 0.25) is 0 Å². The second-order valence-corrected chi connectivity index (χ2v) is 3.29. The zero-order valence-corrected chi connectivity index (χ0v) is 7.93. The summed E-state index contributed by atoms with van der Waals surface area (Å²) >= 11 is 0. The summed E-state index contributed by atoms with van der Waals surface area (Å²) in [5.74, 6) is 0.147. The highest BCUT2D eigenvalue weighted by molar-refractivity contribution is 5.20. The van der Waals surface area contributed by atoms with Crippen molar-refractivity contribution in [3.8, 4) is 0 Å². The lowest BCUT2D eigenvalue weighted by molar-refractivity contribution is 0.113. The van der Waals surface area contributed by atoms with Crippen LogP contribution in [-0.2, 0) is 4.74 Å². The Labute approximate surface area is 85.6 Å². The van der Waals surface area contributed by atoms with E-state index in [-0.39, 0.29) is 30.1 Å². The molecule has 3 N–H and O–H groups in total. The number of aromatic nitrogens is 1. The molecule has 80 valence electrons. The first kappa shape index (κ1) is 9.79. The number of aliphatic hydroxyl groups excluding tert-OH is 2. The van der Waals surface area contributed by atoms with Gasteiger partial charge in [0.05, 0.1) is 5.56 Å². The first-order valence-electron chi connectivity index (χ1n) is 4.58. The van der Waals surface area contributed by atoms with Crippen LogP contribution in [0.15, 0.2) is 34.6 Å². The maximum Gasteiger partial charge on any atom is 0.254 e. The fourth-order valence-electron chi connectivity index (χ4n) is 1.56. The summed E-state index contributed by atoms with van der Waals surface area (Å²) < 4.78 is 5.25. The molecule has 15 heavy (non-hydrogen) atoms. The van der Waals surface area contributed by atoms with Crippen LogP contribution in [0.2, 0.25) is 0 Å². The Bertz CT molecular complexity index is 449. The molecule has 0 amide bonds. The minimum Gasteiger partial charge on any atom is -0.509 e. The lowest BCUT2D eigenvalue weighted by Gasteiger charge is -2.10. The quantitative estimate of drug-likeness (QED) is 0.666. The monoisotopic (exact) mass is 209 g/mol. The predicted molar refractivity (Wildman–Crippen MR) is 52.2 cm³/mol. The van der Waals surface area contributed by atoms with E-state index in [9.17, 15) is 9.90 Å². The van der Waals surface area contributed by atoms with Crippen LogP contribution in [0.4, 0.5) is 0 Å². The summed E-state index contributed by atoms with van der Waals surface area (Å²) in [5.41, 5.74) is 0.210. The van der Waals surface area contributed by atoms with E-state index in [1.54, 1.807) is 12.1 Å². The van der Waals surface area contributed by atoms with Gasteiger partial charge in [0.25, 0.3) is 5.56 Å². The molecule has 1 aliphatic heterocycles. The molecule has 1 aromatic heterocycles. The van der Waals surface area contributed by atoms with Gasteiger partial charge in [-0.15, -0.1) is 0 Å². The maximum absolute atomic E-state index is 11.4. The zero-order chi connectivity index (χ0) is 10.8. The second-order valence-electron chi connectivity index (χ2n) is 3.29. The van der Waals surface area contributed by atoms with Gasteiger partial charge in [-0.25, -0.2) is 0 Å². The molecule has 0 radical (unpaired) electrons. The van der Waals surface area contributed by atoms with Crippen molar-refractivity contribution in [3.63, 3.8) is 0 Å². The second kappa shape index (κ2) is 3.78. The van der Waals surface area contributed by atoms with E-state index >= 15 is 0 Å². The normalized spacial score (nSPS) is 20.5. The third kappa shape index (κ3) is 1.73. The van der Waals surface area contributed by atoms with E-state index in [4.69, 9.17) is 9.84 Å². The van der Waals surface area contributed by atoms with Crippen LogP contribution in [0.3, 0.4) is 0 Å². The van der Waals surface area contributed by atoms with Gasteiger partial charge >= 0.3 is 0 Å². The Hall–Kier alpha value is -1.75. The number of pyridine rings is 1. The molecular weight excluding hydrogens is 198 g/mol. The predicted octanol–water partition coefficient (Wildman–Crippen LogP) is 0.598. The van der Waals surface area contributed by atoms with Crippen molar-refractivity contribution in [2.75, 3.05) is 6.61 Å².